The lowest BCUT2D eigenvalue weighted by Crippen LogP contribution is -2.13. The van der Waals surface area contributed by atoms with Gasteiger partial charge in [0.2, 0.25) is 0 Å². The van der Waals surface area contributed by atoms with Gasteiger partial charge in [-0.25, -0.2) is 0 Å². The van der Waals surface area contributed by atoms with Gasteiger partial charge >= 0.3 is 0 Å². The maximum absolute atomic E-state index is 2.43. The molecule has 15 heavy (non-hydrogen) atoms. The summed E-state index contributed by atoms with van der Waals surface area (Å²) in [6.45, 7) is 4.67. The fraction of sp³-hybridized carbons (Fsp3) is 0.429. The summed E-state index contributed by atoms with van der Waals surface area (Å²) < 4.78 is 0. The Morgan fingerprint density at radius 1 is 1.33 bits per heavy atom. The molecular formula is C14H19N. The summed E-state index contributed by atoms with van der Waals surface area (Å²) in [5, 5.41) is 0. The van der Waals surface area contributed by atoms with Crippen LogP contribution in [-0.4, -0.2) is 25.0 Å². The van der Waals surface area contributed by atoms with Gasteiger partial charge in [0.1, 0.15) is 0 Å². The summed E-state index contributed by atoms with van der Waals surface area (Å²) in [5.74, 6) is 0.746. The number of hydrogen-bond acceptors (Lipinski definition) is 1. The standard InChI is InChI=1S/C14H19N/c1-12(14-6-4-3-5-7-14)10-13-8-9-15(2)11-13/h3-7,10,13H,8-9,11H2,1-2H3/b12-10+. The molecule has 1 heterocycles. The summed E-state index contributed by atoms with van der Waals surface area (Å²) >= 11 is 0. The largest absolute Gasteiger partial charge is 0.306 e. The molecule has 0 aliphatic carbocycles. The Hall–Kier alpha value is -1.08. The van der Waals surface area contributed by atoms with E-state index in [1.807, 2.05) is 0 Å². The van der Waals surface area contributed by atoms with E-state index in [0.29, 0.717) is 0 Å². The SMILES string of the molecule is C/C(=C\C1CCN(C)C1)c1ccccc1. The zero-order valence-corrected chi connectivity index (χ0v) is 9.61. The second kappa shape index (κ2) is 4.63. The Morgan fingerprint density at radius 2 is 2.07 bits per heavy atom. The van der Waals surface area contributed by atoms with Crippen LogP contribution in [0, 0.1) is 5.92 Å². The first kappa shape index (κ1) is 10.4. The molecule has 1 fully saturated rings. The molecule has 1 aromatic carbocycles. The highest BCUT2D eigenvalue weighted by Crippen LogP contribution is 2.21. The van der Waals surface area contributed by atoms with Crippen molar-refractivity contribution in [2.24, 2.45) is 5.92 Å². The molecule has 0 N–H and O–H groups in total. The molecule has 0 amide bonds. The van der Waals surface area contributed by atoms with Crippen LogP contribution in [0.5, 0.6) is 0 Å². The molecule has 0 bridgehead atoms. The number of hydrogen-bond donors (Lipinski definition) is 0. The first-order chi connectivity index (χ1) is 7.25. The third-order valence-electron chi connectivity index (χ3n) is 3.14. The molecule has 1 unspecified atom stereocenters. The van der Waals surface area contributed by atoms with Crippen LogP contribution in [0.2, 0.25) is 0 Å². The van der Waals surface area contributed by atoms with Gasteiger partial charge in [0, 0.05) is 6.54 Å². The third kappa shape index (κ3) is 2.69. The van der Waals surface area contributed by atoms with E-state index in [2.05, 4.69) is 55.3 Å². The van der Waals surface area contributed by atoms with E-state index in [1.165, 1.54) is 30.6 Å². The highest BCUT2D eigenvalue weighted by molar-refractivity contribution is 5.63. The van der Waals surface area contributed by atoms with Gasteiger partial charge in [0.25, 0.3) is 0 Å². The summed E-state index contributed by atoms with van der Waals surface area (Å²) in [6.07, 6.45) is 3.74. The molecule has 1 aliphatic heterocycles. The average molecular weight is 201 g/mol. The second-order valence-electron chi connectivity index (χ2n) is 4.53. The Kier molecular flexibility index (Phi) is 3.22. The number of likely N-dealkylation sites (tertiary alicyclic amines) is 1. The Morgan fingerprint density at radius 3 is 2.67 bits per heavy atom. The minimum absolute atomic E-state index is 0.746. The van der Waals surface area contributed by atoms with Crippen LogP contribution >= 0.6 is 0 Å². The molecule has 80 valence electrons. The zero-order chi connectivity index (χ0) is 10.7. The molecule has 0 aromatic heterocycles. The van der Waals surface area contributed by atoms with E-state index in [9.17, 15) is 0 Å². The van der Waals surface area contributed by atoms with Crippen molar-refractivity contribution >= 4 is 5.57 Å². The zero-order valence-electron chi connectivity index (χ0n) is 9.61. The molecule has 1 nitrogen and oxygen atoms in total. The Balaban J connectivity index is 2.07. The fourth-order valence-electron chi connectivity index (χ4n) is 2.26. The van der Waals surface area contributed by atoms with E-state index in [1.54, 1.807) is 0 Å². The van der Waals surface area contributed by atoms with Crippen LogP contribution in [0.15, 0.2) is 36.4 Å². The Bertz CT molecular complexity index is 340. The van der Waals surface area contributed by atoms with Crippen molar-refractivity contribution in [1.82, 2.24) is 4.90 Å². The van der Waals surface area contributed by atoms with E-state index in [-0.39, 0.29) is 0 Å². The number of benzene rings is 1. The van der Waals surface area contributed by atoms with Gasteiger partial charge in [-0.05, 0) is 44.0 Å². The maximum Gasteiger partial charge on any atom is 0.00420 e. The highest BCUT2D eigenvalue weighted by Gasteiger charge is 2.17. The molecule has 0 saturated carbocycles. The summed E-state index contributed by atoms with van der Waals surface area (Å²) in [5.41, 5.74) is 2.77. The second-order valence-corrected chi connectivity index (χ2v) is 4.53. The van der Waals surface area contributed by atoms with Crippen molar-refractivity contribution in [3.05, 3.63) is 42.0 Å². The van der Waals surface area contributed by atoms with E-state index >= 15 is 0 Å². The van der Waals surface area contributed by atoms with Gasteiger partial charge in [-0.3, -0.25) is 0 Å². The van der Waals surface area contributed by atoms with Crippen molar-refractivity contribution in [1.29, 1.82) is 0 Å². The van der Waals surface area contributed by atoms with Gasteiger partial charge in [-0.15, -0.1) is 0 Å². The minimum Gasteiger partial charge on any atom is -0.306 e. The van der Waals surface area contributed by atoms with Crippen LogP contribution < -0.4 is 0 Å². The summed E-state index contributed by atoms with van der Waals surface area (Å²) in [4.78, 5) is 2.40. The van der Waals surface area contributed by atoms with Crippen LogP contribution in [0.3, 0.4) is 0 Å². The molecule has 1 aromatic rings. The molecule has 1 saturated heterocycles. The monoisotopic (exact) mass is 201 g/mol. The Labute approximate surface area is 92.4 Å². The number of allylic oxidation sites excluding steroid dienone is 1. The van der Waals surface area contributed by atoms with Crippen molar-refractivity contribution in [2.45, 2.75) is 13.3 Å². The smallest absolute Gasteiger partial charge is 0.00420 e. The van der Waals surface area contributed by atoms with E-state index in [0.717, 1.165) is 5.92 Å². The van der Waals surface area contributed by atoms with Crippen molar-refractivity contribution < 1.29 is 0 Å². The lowest BCUT2D eigenvalue weighted by molar-refractivity contribution is 0.408. The van der Waals surface area contributed by atoms with E-state index < -0.39 is 0 Å². The van der Waals surface area contributed by atoms with Gasteiger partial charge in [-0.2, -0.15) is 0 Å². The molecular weight excluding hydrogens is 182 g/mol. The van der Waals surface area contributed by atoms with Gasteiger partial charge in [0.15, 0.2) is 0 Å². The molecule has 1 aliphatic rings. The van der Waals surface area contributed by atoms with Crippen molar-refractivity contribution in [3.63, 3.8) is 0 Å². The molecule has 0 radical (unpaired) electrons. The van der Waals surface area contributed by atoms with Gasteiger partial charge in [0.05, 0.1) is 0 Å². The number of nitrogens with zero attached hydrogens (tertiary/aromatic N) is 1. The van der Waals surface area contributed by atoms with Crippen molar-refractivity contribution in [3.8, 4) is 0 Å². The van der Waals surface area contributed by atoms with Crippen LogP contribution in [0.4, 0.5) is 0 Å². The van der Waals surface area contributed by atoms with E-state index in [4.69, 9.17) is 0 Å². The predicted molar refractivity (Wildman–Crippen MR) is 65.7 cm³/mol. The van der Waals surface area contributed by atoms with Crippen molar-refractivity contribution in [2.75, 3.05) is 20.1 Å². The lowest BCUT2D eigenvalue weighted by atomic mass is 10.0. The first-order valence-electron chi connectivity index (χ1n) is 5.68. The molecule has 0 spiro atoms. The molecule has 1 atom stereocenters. The van der Waals surface area contributed by atoms with Crippen LogP contribution in [-0.2, 0) is 0 Å². The van der Waals surface area contributed by atoms with Crippen LogP contribution in [0.25, 0.3) is 5.57 Å². The van der Waals surface area contributed by atoms with Crippen LogP contribution in [0.1, 0.15) is 18.9 Å². The van der Waals surface area contributed by atoms with Gasteiger partial charge < -0.3 is 4.90 Å². The summed E-state index contributed by atoms with van der Waals surface area (Å²) in [6, 6.07) is 10.6. The molecule has 1 heteroatoms. The predicted octanol–water partition coefficient (Wildman–Crippen LogP) is 3.04. The average Bonchev–Trinajstić information content (AvgIpc) is 2.65. The third-order valence-corrected chi connectivity index (χ3v) is 3.14. The lowest BCUT2D eigenvalue weighted by Gasteiger charge is -2.08. The fourth-order valence-corrected chi connectivity index (χ4v) is 2.26. The summed E-state index contributed by atoms with van der Waals surface area (Å²) in [7, 11) is 2.20. The number of rotatable bonds is 2. The normalized spacial score (nSPS) is 23.3. The topological polar surface area (TPSA) is 3.24 Å². The first-order valence-corrected chi connectivity index (χ1v) is 5.68. The quantitative estimate of drug-likeness (QED) is 0.711. The maximum atomic E-state index is 2.43. The minimum atomic E-state index is 0.746. The molecule has 2 rings (SSSR count). The van der Waals surface area contributed by atoms with Gasteiger partial charge in [-0.1, -0.05) is 36.4 Å². The highest BCUT2D eigenvalue weighted by atomic mass is 15.1.